The van der Waals surface area contributed by atoms with E-state index in [-0.39, 0.29) is 12.0 Å². The maximum Gasteiger partial charge on any atom is 0.388 e. The highest BCUT2D eigenvalue weighted by molar-refractivity contribution is 5.28. The van der Waals surface area contributed by atoms with Crippen LogP contribution >= 0.6 is 0 Å². The van der Waals surface area contributed by atoms with Gasteiger partial charge in [-0.2, -0.15) is 8.78 Å². The lowest BCUT2D eigenvalue weighted by molar-refractivity contribution is -0.0529. The molecule has 5 heteroatoms. The Kier molecular flexibility index (Phi) is 2.33. The Labute approximate surface area is 79.7 Å². The maximum absolute atomic E-state index is 11.9. The monoisotopic (exact) mass is 201 g/mol. The third kappa shape index (κ3) is 2.17. The smallest absolute Gasteiger partial charge is 0.388 e. The van der Waals surface area contributed by atoms with Gasteiger partial charge in [0, 0.05) is 11.8 Å². The van der Waals surface area contributed by atoms with Crippen molar-refractivity contribution in [3.63, 3.8) is 0 Å². The number of alkyl halides is 2. The van der Waals surface area contributed by atoms with Crippen LogP contribution in [-0.4, -0.2) is 18.2 Å². The van der Waals surface area contributed by atoms with Gasteiger partial charge in [-0.25, -0.2) is 4.98 Å². The van der Waals surface area contributed by atoms with E-state index in [0.717, 1.165) is 5.56 Å². The van der Waals surface area contributed by atoms with Gasteiger partial charge in [0.2, 0.25) is 5.88 Å². The summed E-state index contributed by atoms with van der Waals surface area (Å²) in [6, 6.07) is 3.28. The lowest BCUT2D eigenvalue weighted by Gasteiger charge is -2.05. The molecule has 0 N–H and O–H groups in total. The van der Waals surface area contributed by atoms with Crippen molar-refractivity contribution in [3.8, 4) is 5.88 Å². The summed E-state index contributed by atoms with van der Waals surface area (Å²) >= 11 is 0. The summed E-state index contributed by atoms with van der Waals surface area (Å²) in [4.78, 5) is 3.83. The van der Waals surface area contributed by atoms with Gasteiger partial charge in [0.15, 0.2) is 0 Å². The molecule has 2 rings (SSSR count). The molecule has 0 saturated carbocycles. The van der Waals surface area contributed by atoms with Gasteiger partial charge in [0.25, 0.3) is 0 Å². The fourth-order valence-electron chi connectivity index (χ4n) is 1.24. The number of hydrogen-bond donors (Lipinski definition) is 0. The van der Waals surface area contributed by atoms with Gasteiger partial charge in [-0.3, -0.25) is 0 Å². The molecule has 0 radical (unpaired) electrons. The predicted octanol–water partition coefficient (Wildman–Crippen LogP) is 2.06. The molecule has 0 aromatic carbocycles. The summed E-state index contributed by atoms with van der Waals surface area (Å²) in [5, 5.41) is 0. The second-order valence-electron chi connectivity index (χ2n) is 3.08. The van der Waals surface area contributed by atoms with Crippen LogP contribution < -0.4 is 4.74 Å². The van der Waals surface area contributed by atoms with E-state index in [4.69, 9.17) is 4.74 Å². The minimum absolute atomic E-state index is 0.0247. The largest absolute Gasteiger partial charge is 0.417 e. The van der Waals surface area contributed by atoms with Crippen LogP contribution in [-0.2, 0) is 4.74 Å². The quantitative estimate of drug-likeness (QED) is 0.702. The summed E-state index contributed by atoms with van der Waals surface area (Å²) in [6.45, 7) is -0.473. The van der Waals surface area contributed by atoms with Crippen LogP contribution in [0.5, 0.6) is 5.88 Å². The van der Waals surface area contributed by atoms with Crippen LogP contribution in [0.15, 0.2) is 12.1 Å². The third-order valence-corrected chi connectivity index (χ3v) is 1.87. The zero-order valence-electron chi connectivity index (χ0n) is 7.54. The Balaban J connectivity index is 2.22. The van der Waals surface area contributed by atoms with Gasteiger partial charge in [0.1, 0.15) is 6.10 Å². The maximum atomic E-state index is 11.9. The van der Waals surface area contributed by atoms with Crippen LogP contribution in [0.2, 0.25) is 0 Å². The molecule has 2 heterocycles. The molecular formula is C9H9F2NO2. The molecule has 76 valence electrons. The first-order valence-corrected chi connectivity index (χ1v) is 4.20. The van der Waals surface area contributed by atoms with Gasteiger partial charge in [-0.1, -0.05) is 0 Å². The number of aromatic nitrogens is 1. The average Bonchev–Trinajstić information content (AvgIpc) is 2.82. The minimum Gasteiger partial charge on any atom is -0.417 e. The Morgan fingerprint density at radius 3 is 2.86 bits per heavy atom. The zero-order valence-corrected chi connectivity index (χ0v) is 7.54. The number of epoxide rings is 1. The van der Waals surface area contributed by atoms with Gasteiger partial charge in [-0.15, -0.1) is 0 Å². The molecule has 1 aliphatic heterocycles. The molecule has 1 saturated heterocycles. The molecule has 1 aromatic heterocycles. The standard InChI is InChI=1S/C9H9F2NO2/c1-5-2-6(7-4-13-7)3-8(12-5)14-9(10)11/h2-3,7,9H,4H2,1H3/t7-/m1/s1. The van der Waals surface area contributed by atoms with E-state index in [1.807, 2.05) is 0 Å². The summed E-state index contributed by atoms with van der Waals surface area (Å²) in [5.41, 5.74) is 1.49. The minimum atomic E-state index is -2.84. The van der Waals surface area contributed by atoms with Crippen molar-refractivity contribution in [1.82, 2.24) is 4.98 Å². The molecule has 1 atom stereocenters. The van der Waals surface area contributed by atoms with E-state index < -0.39 is 6.61 Å². The number of hydrogen-bond acceptors (Lipinski definition) is 3. The normalized spacial score (nSPS) is 19.9. The van der Waals surface area contributed by atoms with Crippen molar-refractivity contribution < 1.29 is 18.3 Å². The van der Waals surface area contributed by atoms with E-state index in [9.17, 15) is 8.78 Å². The van der Waals surface area contributed by atoms with Crippen molar-refractivity contribution in [2.24, 2.45) is 0 Å². The van der Waals surface area contributed by atoms with Crippen LogP contribution in [0, 0.1) is 6.92 Å². The van der Waals surface area contributed by atoms with Crippen molar-refractivity contribution in [1.29, 1.82) is 0 Å². The molecule has 1 aliphatic rings. The molecule has 3 nitrogen and oxygen atoms in total. The lowest BCUT2D eigenvalue weighted by Crippen LogP contribution is -2.04. The molecule has 0 aliphatic carbocycles. The zero-order chi connectivity index (χ0) is 10.1. The van der Waals surface area contributed by atoms with Crippen molar-refractivity contribution in [3.05, 3.63) is 23.4 Å². The van der Waals surface area contributed by atoms with Crippen LogP contribution in [0.4, 0.5) is 8.78 Å². The number of halogens is 2. The molecule has 0 spiro atoms. The second kappa shape index (κ2) is 3.49. The highest BCUT2D eigenvalue weighted by atomic mass is 19.3. The van der Waals surface area contributed by atoms with Crippen LogP contribution in [0.3, 0.4) is 0 Å². The first kappa shape index (κ1) is 9.33. The second-order valence-corrected chi connectivity index (χ2v) is 3.08. The molecule has 1 aromatic rings. The Morgan fingerprint density at radius 2 is 2.29 bits per heavy atom. The van der Waals surface area contributed by atoms with Crippen molar-refractivity contribution >= 4 is 0 Å². The number of ether oxygens (including phenoxy) is 2. The number of nitrogens with zero attached hydrogens (tertiary/aromatic N) is 1. The predicted molar refractivity (Wildman–Crippen MR) is 44.3 cm³/mol. The molecule has 1 fully saturated rings. The first-order valence-electron chi connectivity index (χ1n) is 4.20. The van der Waals surface area contributed by atoms with Gasteiger partial charge in [-0.05, 0) is 18.6 Å². The summed E-state index contributed by atoms with van der Waals surface area (Å²) in [6.07, 6.45) is 0.0247. The molecule has 0 amide bonds. The molecular weight excluding hydrogens is 192 g/mol. The number of aryl methyl sites for hydroxylation is 1. The van der Waals surface area contributed by atoms with Crippen molar-refractivity contribution in [2.75, 3.05) is 6.61 Å². The Hall–Kier alpha value is -1.23. The fraction of sp³-hybridized carbons (Fsp3) is 0.444. The van der Waals surface area contributed by atoms with E-state index in [2.05, 4.69) is 9.72 Å². The highest BCUT2D eigenvalue weighted by Gasteiger charge is 2.26. The highest BCUT2D eigenvalue weighted by Crippen LogP contribution is 2.31. The summed E-state index contributed by atoms with van der Waals surface area (Å²) in [7, 11) is 0. The number of pyridine rings is 1. The molecule has 14 heavy (non-hydrogen) atoms. The van der Waals surface area contributed by atoms with E-state index in [1.165, 1.54) is 6.07 Å². The molecule has 0 bridgehead atoms. The van der Waals surface area contributed by atoms with E-state index in [1.54, 1.807) is 13.0 Å². The SMILES string of the molecule is Cc1cc([C@H]2CO2)cc(OC(F)F)n1. The fourth-order valence-corrected chi connectivity index (χ4v) is 1.24. The van der Waals surface area contributed by atoms with Crippen molar-refractivity contribution in [2.45, 2.75) is 19.6 Å². The van der Waals surface area contributed by atoms with Gasteiger partial charge in [0.05, 0.1) is 6.61 Å². The summed E-state index contributed by atoms with van der Waals surface area (Å²) in [5.74, 6) is -0.0505. The van der Waals surface area contributed by atoms with E-state index in [0.29, 0.717) is 12.3 Å². The van der Waals surface area contributed by atoms with Gasteiger partial charge < -0.3 is 9.47 Å². The average molecular weight is 201 g/mol. The Bertz CT molecular complexity index is 340. The van der Waals surface area contributed by atoms with E-state index >= 15 is 0 Å². The Morgan fingerprint density at radius 1 is 1.57 bits per heavy atom. The third-order valence-electron chi connectivity index (χ3n) is 1.87. The number of rotatable bonds is 3. The topological polar surface area (TPSA) is 34.6 Å². The first-order chi connectivity index (χ1) is 6.65. The lowest BCUT2D eigenvalue weighted by atomic mass is 10.2. The van der Waals surface area contributed by atoms with Gasteiger partial charge >= 0.3 is 6.61 Å². The van der Waals surface area contributed by atoms with Crippen LogP contribution in [0.1, 0.15) is 17.4 Å². The van der Waals surface area contributed by atoms with Crippen LogP contribution in [0.25, 0.3) is 0 Å². The summed E-state index contributed by atoms with van der Waals surface area (Å²) < 4.78 is 33.1. The molecule has 0 unspecified atom stereocenters.